The minimum atomic E-state index is -0.353. The molecule has 0 aliphatic carbocycles. The van der Waals surface area contributed by atoms with Gasteiger partial charge in [-0.15, -0.1) is 11.3 Å². The fourth-order valence-electron chi connectivity index (χ4n) is 7.60. The molecular formula is C45H27N3O2S. The van der Waals surface area contributed by atoms with Crippen LogP contribution in [0.1, 0.15) is 22.9 Å². The second-order valence-electron chi connectivity index (χ2n) is 12.9. The maximum Gasteiger partial charge on any atom is 0.160 e. The zero-order valence-corrected chi connectivity index (χ0v) is 27.9. The fourth-order valence-corrected chi connectivity index (χ4v) is 8.74. The highest BCUT2D eigenvalue weighted by Crippen LogP contribution is 2.41. The first kappa shape index (κ1) is 28.3. The third kappa shape index (κ3) is 4.47. The van der Waals surface area contributed by atoms with Crippen LogP contribution in [0, 0.1) is 0 Å². The van der Waals surface area contributed by atoms with Gasteiger partial charge in [-0.1, -0.05) is 103 Å². The lowest BCUT2D eigenvalue weighted by Gasteiger charge is -2.24. The van der Waals surface area contributed by atoms with Crippen molar-refractivity contribution < 1.29 is 8.83 Å². The van der Waals surface area contributed by atoms with Gasteiger partial charge >= 0.3 is 0 Å². The van der Waals surface area contributed by atoms with Crippen LogP contribution in [-0.2, 0) is 0 Å². The number of rotatable bonds is 4. The van der Waals surface area contributed by atoms with Crippen LogP contribution in [0.25, 0.3) is 75.2 Å². The molecule has 1 aliphatic rings. The Balaban J connectivity index is 1.10. The first-order valence-electron chi connectivity index (χ1n) is 17.0. The van der Waals surface area contributed by atoms with Crippen molar-refractivity contribution in [3.63, 3.8) is 0 Å². The quantitative estimate of drug-likeness (QED) is 0.202. The number of nitrogens with zero attached hydrogens (tertiary/aromatic N) is 2. The van der Waals surface area contributed by atoms with Gasteiger partial charge in [-0.3, -0.25) is 0 Å². The van der Waals surface area contributed by atoms with Crippen LogP contribution in [0.5, 0.6) is 0 Å². The SMILES string of the molecule is c1ccc(C2=NC(c3cccc4oc5ccc(-c6ccc7c(c6)oc6ccccc67)cc5c34)=NC(c3cccc4sc5ccccc5c34)N2)cc1. The van der Waals surface area contributed by atoms with Gasteiger partial charge in [0.2, 0.25) is 0 Å². The van der Waals surface area contributed by atoms with E-state index >= 15 is 0 Å². The van der Waals surface area contributed by atoms with Gasteiger partial charge in [0.25, 0.3) is 0 Å². The van der Waals surface area contributed by atoms with Crippen LogP contribution in [0.2, 0.25) is 0 Å². The van der Waals surface area contributed by atoms with E-state index < -0.39 is 0 Å². The summed E-state index contributed by atoms with van der Waals surface area (Å²) in [5.74, 6) is 1.45. The summed E-state index contributed by atoms with van der Waals surface area (Å²) in [6.45, 7) is 0. The summed E-state index contributed by atoms with van der Waals surface area (Å²) in [5, 5.41) is 10.4. The molecule has 0 radical (unpaired) electrons. The molecule has 11 rings (SSSR count). The molecule has 0 amide bonds. The maximum atomic E-state index is 6.47. The van der Waals surface area contributed by atoms with Crippen molar-refractivity contribution in [2.75, 3.05) is 0 Å². The van der Waals surface area contributed by atoms with Gasteiger partial charge in [0.05, 0.1) is 0 Å². The third-order valence-corrected chi connectivity index (χ3v) is 11.1. The molecule has 1 N–H and O–H groups in total. The van der Waals surface area contributed by atoms with Gasteiger partial charge in [0, 0.05) is 58.4 Å². The highest BCUT2D eigenvalue weighted by molar-refractivity contribution is 7.25. The van der Waals surface area contributed by atoms with Crippen molar-refractivity contribution in [1.29, 1.82) is 0 Å². The summed E-state index contributed by atoms with van der Waals surface area (Å²) in [6.07, 6.45) is -0.353. The standard InChI is InChI=1S/C45H27N3O2S/c1-2-10-26(11-3-1)43-46-44(48-45(47-43)33-15-9-19-40-42(33)31-13-5-7-18-39(31)51-40)32-14-8-17-37-41(32)34-24-27(21-23-36(34)49-37)28-20-22-30-29-12-4-6-16-35(29)50-38(30)25-28/h1-25,45H,(H,46,47,48). The molecule has 0 saturated heterocycles. The molecule has 0 spiro atoms. The number of benzene rings is 7. The Morgan fingerprint density at radius 2 is 1.20 bits per heavy atom. The number of hydrogen-bond donors (Lipinski definition) is 1. The van der Waals surface area contributed by atoms with E-state index in [1.165, 1.54) is 20.2 Å². The smallest absolute Gasteiger partial charge is 0.160 e. The van der Waals surface area contributed by atoms with E-state index in [0.29, 0.717) is 5.84 Å². The van der Waals surface area contributed by atoms with Crippen LogP contribution in [0.4, 0.5) is 0 Å². The lowest BCUT2D eigenvalue weighted by molar-refractivity contribution is 0.668. The summed E-state index contributed by atoms with van der Waals surface area (Å²) in [6, 6.07) is 52.6. The summed E-state index contributed by atoms with van der Waals surface area (Å²) in [4.78, 5) is 10.6. The summed E-state index contributed by atoms with van der Waals surface area (Å²) < 4.78 is 15.2. The molecule has 6 heteroatoms. The van der Waals surface area contributed by atoms with Crippen molar-refractivity contribution >= 4 is 87.1 Å². The highest BCUT2D eigenvalue weighted by atomic mass is 32.1. The van der Waals surface area contributed by atoms with E-state index in [1.807, 2.05) is 59.9 Å². The van der Waals surface area contributed by atoms with Crippen molar-refractivity contribution in [3.05, 3.63) is 168 Å². The van der Waals surface area contributed by atoms with Crippen LogP contribution in [-0.4, -0.2) is 11.7 Å². The molecule has 1 atom stereocenters. The Bertz CT molecular complexity index is 3070. The number of amidine groups is 2. The van der Waals surface area contributed by atoms with E-state index in [4.69, 9.17) is 18.8 Å². The van der Waals surface area contributed by atoms with Gasteiger partial charge in [-0.05, 0) is 59.7 Å². The number of para-hydroxylation sites is 1. The molecule has 4 heterocycles. The van der Waals surface area contributed by atoms with Gasteiger partial charge in [0.1, 0.15) is 34.3 Å². The molecule has 0 saturated carbocycles. The van der Waals surface area contributed by atoms with E-state index in [0.717, 1.165) is 77.5 Å². The Kier molecular flexibility index (Phi) is 6.12. The average Bonchev–Trinajstić information content (AvgIpc) is 3.88. The van der Waals surface area contributed by atoms with Crippen molar-refractivity contribution in [3.8, 4) is 11.1 Å². The Hall–Kier alpha value is -6.50. The van der Waals surface area contributed by atoms with Crippen LogP contribution < -0.4 is 5.32 Å². The van der Waals surface area contributed by atoms with Crippen molar-refractivity contribution in [2.24, 2.45) is 9.98 Å². The molecule has 7 aromatic carbocycles. The second kappa shape index (κ2) is 11.0. The van der Waals surface area contributed by atoms with Gasteiger partial charge in [-0.2, -0.15) is 0 Å². The predicted molar refractivity (Wildman–Crippen MR) is 211 cm³/mol. The highest BCUT2D eigenvalue weighted by Gasteiger charge is 2.26. The second-order valence-corrected chi connectivity index (χ2v) is 14.0. The first-order valence-corrected chi connectivity index (χ1v) is 17.8. The number of furan rings is 2. The topological polar surface area (TPSA) is 63.0 Å². The van der Waals surface area contributed by atoms with Gasteiger partial charge in [-0.25, -0.2) is 9.98 Å². The van der Waals surface area contributed by atoms with Crippen LogP contribution in [0.15, 0.2) is 170 Å². The molecule has 1 aliphatic heterocycles. The van der Waals surface area contributed by atoms with E-state index in [-0.39, 0.29) is 6.17 Å². The van der Waals surface area contributed by atoms with E-state index in [1.54, 1.807) is 0 Å². The van der Waals surface area contributed by atoms with Crippen LogP contribution in [0.3, 0.4) is 0 Å². The molecule has 51 heavy (non-hydrogen) atoms. The number of fused-ring (bicyclic) bond motifs is 9. The van der Waals surface area contributed by atoms with Gasteiger partial charge in [0.15, 0.2) is 5.84 Å². The molecule has 1 unspecified atom stereocenters. The first-order chi connectivity index (χ1) is 25.2. The molecule has 0 bridgehead atoms. The van der Waals surface area contributed by atoms with Crippen molar-refractivity contribution in [1.82, 2.24) is 5.32 Å². The predicted octanol–water partition coefficient (Wildman–Crippen LogP) is 12.0. The average molecular weight is 674 g/mol. The number of hydrogen-bond acceptors (Lipinski definition) is 6. The monoisotopic (exact) mass is 673 g/mol. The van der Waals surface area contributed by atoms with E-state index in [9.17, 15) is 0 Å². The molecule has 0 fully saturated rings. The van der Waals surface area contributed by atoms with Crippen LogP contribution >= 0.6 is 11.3 Å². The Morgan fingerprint density at radius 1 is 0.490 bits per heavy atom. The molecule has 240 valence electrons. The lowest BCUT2D eigenvalue weighted by Crippen LogP contribution is -2.33. The zero-order valence-electron chi connectivity index (χ0n) is 27.1. The maximum absolute atomic E-state index is 6.47. The minimum absolute atomic E-state index is 0.353. The molecule has 3 aromatic heterocycles. The largest absolute Gasteiger partial charge is 0.456 e. The molecule has 5 nitrogen and oxygen atoms in total. The number of thiophene rings is 1. The molecular weight excluding hydrogens is 647 g/mol. The summed E-state index contributed by atoms with van der Waals surface area (Å²) in [7, 11) is 0. The fraction of sp³-hybridized carbons (Fsp3) is 0.0222. The Labute approximate surface area is 295 Å². The number of nitrogens with one attached hydrogen (secondary N) is 1. The normalized spacial score (nSPS) is 14.9. The summed E-state index contributed by atoms with van der Waals surface area (Å²) >= 11 is 1.81. The summed E-state index contributed by atoms with van der Waals surface area (Å²) in [5.41, 5.74) is 8.60. The van der Waals surface area contributed by atoms with Gasteiger partial charge < -0.3 is 14.2 Å². The number of aliphatic imine (C=N–C) groups is 2. The van der Waals surface area contributed by atoms with Crippen molar-refractivity contribution in [2.45, 2.75) is 6.17 Å². The Morgan fingerprint density at radius 3 is 2.14 bits per heavy atom. The third-order valence-electron chi connectivity index (χ3n) is 9.97. The minimum Gasteiger partial charge on any atom is -0.456 e. The lowest BCUT2D eigenvalue weighted by atomic mass is 9.99. The molecule has 10 aromatic rings. The van der Waals surface area contributed by atoms with E-state index in [2.05, 4.69) is 108 Å². The zero-order chi connectivity index (χ0) is 33.5.